The number of fused-ring (bicyclic) bond motifs is 4. The minimum Gasteiger partial charge on any atom is -0.340 e. The molecule has 2 aliphatic rings. The van der Waals surface area contributed by atoms with E-state index in [1.54, 1.807) is 6.07 Å². The molecule has 2 N–H and O–H groups in total. The Morgan fingerprint density at radius 1 is 1.32 bits per heavy atom. The molecule has 3 atom stereocenters. The van der Waals surface area contributed by atoms with Crippen LogP contribution in [0.15, 0.2) is 23.0 Å². The van der Waals surface area contributed by atoms with Crippen LogP contribution in [0.2, 0.25) is 0 Å². The van der Waals surface area contributed by atoms with Gasteiger partial charge in [0.2, 0.25) is 5.91 Å². The lowest BCUT2D eigenvalue weighted by Gasteiger charge is -2.43. The first kappa shape index (κ1) is 15.3. The monoisotopic (exact) mass is 303 g/mol. The van der Waals surface area contributed by atoms with Gasteiger partial charge in [0, 0.05) is 37.3 Å². The average Bonchev–Trinajstić information content (AvgIpc) is 2.46. The Morgan fingerprint density at radius 2 is 2.09 bits per heavy atom. The summed E-state index contributed by atoms with van der Waals surface area (Å²) in [6.07, 6.45) is 1.79. The summed E-state index contributed by atoms with van der Waals surface area (Å²) < 4.78 is 1.88. The van der Waals surface area contributed by atoms with E-state index in [1.165, 1.54) is 0 Å². The van der Waals surface area contributed by atoms with E-state index < -0.39 is 6.04 Å². The number of nitrogens with two attached hydrogens (primary N) is 1. The van der Waals surface area contributed by atoms with Gasteiger partial charge in [-0.3, -0.25) is 9.59 Å². The van der Waals surface area contributed by atoms with Crippen LogP contribution in [0.1, 0.15) is 38.3 Å². The third-order valence-electron chi connectivity index (χ3n) is 4.83. The van der Waals surface area contributed by atoms with Gasteiger partial charge in [-0.05, 0) is 30.7 Å². The predicted molar refractivity (Wildman–Crippen MR) is 85.6 cm³/mol. The van der Waals surface area contributed by atoms with Crippen molar-refractivity contribution in [3.63, 3.8) is 0 Å². The highest BCUT2D eigenvalue weighted by Crippen LogP contribution is 2.35. The second kappa shape index (κ2) is 5.88. The number of hydrogen-bond donors (Lipinski definition) is 1. The van der Waals surface area contributed by atoms with E-state index in [0.29, 0.717) is 24.9 Å². The van der Waals surface area contributed by atoms with E-state index in [-0.39, 0.29) is 17.4 Å². The highest BCUT2D eigenvalue weighted by molar-refractivity contribution is 5.81. The lowest BCUT2D eigenvalue weighted by atomic mass is 9.83. The molecule has 2 bridgehead atoms. The fraction of sp³-hybridized carbons (Fsp3) is 0.647. The topological polar surface area (TPSA) is 68.3 Å². The SMILES string of the molecule is CC(C)CC(N)C(=O)N1CC2CC(C1)c1cccc(=O)n1C2. The van der Waals surface area contributed by atoms with Crippen molar-refractivity contribution in [3.05, 3.63) is 34.2 Å². The molecule has 3 rings (SSSR count). The van der Waals surface area contributed by atoms with Crippen LogP contribution in [0.3, 0.4) is 0 Å². The van der Waals surface area contributed by atoms with Gasteiger partial charge in [0.25, 0.3) is 5.56 Å². The van der Waals surface area contributed by atoms with Crippen molar-refractivity contribution in [1.82, 2.24) is 9.47 Å². The molecule has 22 heavy (non-hydrogen) atoms. The molecule has 3 heterocycles. The van der Waals surface area contributed by atoms with Crippen LogP contribution >= 0.6 is 0 Å². The van der Waals surface area contributed by atoms with Gasteiger partial charge < -0.3 is 15.2 Å². The molecule has 1 aromatic heterocycles. The second-order valence-corrected chi connectivity index (χ2v) is 7.18. The van der Waals surface area contributed by atoms with Crippen molar-refractivity contribution in [2.75, 3.05) is 13.1 Å². The number of pyridine rings is 1. The summed E-state index contributed by atoms with van der Waals surface area (Å²) in [5.41, 5.74) is 7.21. The first-order chi connectivity index (χ1) is 10.5. The zero-order chi connectivity index (χ0) is 15.9. The Labute approximate surface area is 131 Å². The minimum atomic E-state index is -0.406. The fourth-order valence-corrected chi connectivity index (χ4v) is 3.92. The highest BCUT2D eigenvalue weighted by Gasteiger charge is 2.37. The van der Waals surface area contributed by atoms with E-state index in [4.69, 9.17) is 5.73 Å². The van der Waals surface area contributed by atoms with Crippen LogP contribution in [0.4, 0.5) is 0 Å². The molecule has 1 amide bonds. The zero-order valence-electron chi connectivity index (χ0n) is 13.4. The van der Waals surface area contributed by atoms with Gasteiger partial charge in [-0.2, -0.15) is 0 Å². The largest absolute Gasteiger partial charge is 0.340 e. The molecule has 0 saturated carbocycles. The van der Waals surface area contributed by atoms with Crippen molar-refractivity contribution in [1.29, 1.82) is 0 Å². The van der Waals surface area contributed by atoms with Crippen LogP contribution in [0.25, 0.3) is 0 Å². The Balaban J connectivity index is 1.79. The maximum Gasteiger partial charge on any atom is 0.250 e. The third kappa shape index (κ3) is 2.82. The number of nitrogens with zero attached hydrogens (tertiary/aromatic N) is 2. The molecule has 1 saturated heterocycles. The molecule has 2 aliphatic heterocycles. The Hall–Kier alpha value is -1.62. The lowest BCUT2D eigenvalue weighted by molar-refractivity contribution is -0.135. The molecule has 0 radical (unpaired) electrons. The van der Waals surface area contributed by atoms with E-state index in [2.05, 4.69) is 13.8 Å². The lowest BCUT2D eigenvalue weighted by Crippen LogP contribution is -2.53. The van der Waals surface area contributed by atoms with Crippen LogP contribution < -0.4 is 11.3 Å². The number of hydrogen-bond acceptors (Lipinski definition) is 3. The summed E-state index contributed by atoms with van der Waals surface area (Å²) in [7, 11) is 0. The van der Waals surface area contributed by atoms with Gasteiger partial charge in [-0.25, -0.2) is 0 Å². The molecule has 1 aromatic rings. The van der Waals surface area contributed by atoms with Gasteiger partial charge in [0.1, 0.15) is 0 Å². The van der Waals surface area contributed by atoms with Gasteiger partial charge in [-0.15, -0.1) is 0 Å². The smallest absolute Gasteiger partial charge is 0.250 e. The summed E-state index contributed by atoms with van der Waals surface area (Å²) >= 11 is 0. The second-order valence-electron chi connectivity index (χ2n) is 7.18. The van der Waals surface area contributed by atoms with Crippen molar-refractivity contribution < 1.29 is 4.79 Å². The normalized spacial score (nSPS) is 25.0. The molecule has 0 spiro atoms. The van der Waals surface area contributed by atoms with Crippen LogP contribution in [-0.2, 0) is 11.3 Å². The first-order valence-electron chi connectivity index (χ1n) is 8.19. The molecular formula is C17H25N3O2. The number of rotatable bonds is 3. The van der Waals surface area contributed by atoms with Crippen molar-refractivity contribution in [2.45, 2.75) is 45.2 Å². The van der Waals surface area contributed by atoms with Crippen molar-refractivity contribution >= 4 is 5.91 Å². The van der Waals surface area contributed by atoms with E-state index in [1.807, 2.05) is 21.6 Å². The van der Waals surface area contributed by atoms with Gasteiger partial charge in [0.05, 0.1) is 6.04 Å². The Kier molecular flexibility index (Phi) is 4.08. The first-order valence-corrected chi connectivity index (χ1v) is 8.19. The Morgan fingerprint density at radius 3 is 2.82 bits per heavy atom. The number of carbonyl (C=O) groups is 1. The maximum atomic E-state index is 12.6. The third-order valence-corrected chi connectivity index (χ3v) is 4.83. The average molecular weight is 303 g/mol. The summed E-state index contributed by atoms with van der Waals surface area (Å²) in [6.45, 7) is 6.29. The summed E-state index contributed by atoms with van der Waals surface area (Å²) in [5, 5.41) is 0. The molecule has 3 unspecified atom stereocenters. The maximum absolute atomic E-state index is 12.6. The summed E-state index contributed by atoms with van der Waals surface area (Å²) in [6, 6.07) is 5.05. The Bertz CT molecular complexity index is 623. The van der Waals surface area contributed by atoms with E-state index >= 15 is 0 Å². The van der Waals surface area contributed by atoms with Crippen molar-refractivity contribution in [2.24, 2.45) is 17.6 Å². The standard InChI is InChI=1S/C17H25N3O2/c1-11(2)6-14(18)17(22)19-8-12-7-13(10-19)15-4-3-5-16(21)20(15)9-12/h3-5,11-14H,6-10,18H2,1-2H3. The van der Waals surface area contributed by atoms with Crippen LogP contribution in [0, 0.1) is 11.8 Å². The van der Waals surface area contributed by atoms with Crippen molar-refractivity contribution in [3.8, 4) is 0 Å². The summed E-state index contributed by atoms with van der Waals surface area (Å²) in [4.78, 5) is 26.5. The quantitative estimate of drug-likeness (QED) is 0.911. The molecular weight excluding hydrogens is 278 g/mol. The van der Waals surface area contributed by atoms with Crippen LogP contribution in [-0.4, -0.2) is 34.5 Å². The number of likely N-dealkylation sites (tertiary alicyclic amines) is 1. The van der Waals surface area contributed by atoms with Gasteiger partial charge in [-0.1, -0.05) is 19.9 Å². The molecule has 0 aromatic carbocycles. The zero-order valence-corrected chi connectivity index (χ0v) is 13.4. The van der Waals surface area contributed by atoms with Crippen LogP contribution in [0.5, 0.6) is 0 Å². The van der Waals surface area contributed by atoms with Gasteiger partial charge >= 0.3 is 0 Å². The minimum absolute atomic E-state index is 0.0649. The number of carbonyl (C=O) groups excluding carboxylic acids is 1. The summed E-state index contributed by atoms with van der Waals surface area (Å²) in [5.74, 6) is 1.11. The molecule has 5 heteroatoms. The van der Waals surface area contributed by atoms with E-state index in [0.717, 1.165) is 25.1 Å². The van der Waals surface area contributed by atoms with E-state index in [9.17, 15) is 9.59 Å². The fourth-order valence-electron chi connectivity index (χ4n) is 3.92. The van der Waals surface area contributed by atoms with Gasteiger partial charge in [0.15, 0.2) is 0 Å². The molecule has 5 nitrogen and oxygen atoms in total. The molecule has 120 valence electrons. The number of amides is 1. The number of aromatic nitrogens is 1. The predicted octanol–water partition coefficient (Wildman–Crippen LogP) is 1.17. The highest BCUT2D eigenvalue weighted by atomic mass is 16.2. The molecule has 1 fully saturated rings. The molecule has 0 aliphatic carbocycles. The number of piperidine rings is 1.